The lowest BCUT2D eigenvalue weighted by Gasteiger charge is -2.23. The topological polar surface area (TPSA) is 79.5 Å². The van der Waals surface area contributed by atoms with Gasteiger partial charge in [-0.05, 0) is 30.0 Å². The third-order valence-corrected chi connectivity index (χ3v) is 4.74. The van der Waals surface area contributed by atoms with Crippen LogP contribution in [0, 0.1) is 5.92 Å². The number of carbonyl (C=O) groups is 2. The van der Waals surface area contributed by atoms with Crippen LogP contribution in [-0.4, -0.2) is 31.1 Å². The van der Waals surface area contributed by atoms with Crippen LogP contribution in [0.3, 0.4) is 0 Å². The molecule has 6 nitrogen and oxygen atoms in total. The minimum Gasteiger partial charge on any atom is -0.445 e. The van der Waals surface area contributed by atoms with Crippen LogP contribution in [0.2, 0.25) is 0 Å². The Kier molecular flexibility index (Phi) is 9.55. The number of hydrogen-bond acceptors (Lipinski definition) is 4. The lowest BCUT2D eigenvalue weighted by molar-refractivity contribution is -0.124. The number of benzene rings is 2. The van der Waals surface area contributed by atoms with E-state index in [1.807, 2.05) is 74.5 Å². The second-order valence-corrected chi connectivity index (χ2v) is 7.01. The summed E-state index contributed by atoms with van der Waals surface area (Å²) in [4.78, 5) is 24.7. The largest absolute Gasteiger partial charge is 0.445 e. The van der Waals surface area contributed by atoms with Crippen molar-refractivity contribution in [2.24, 2.45) is 5.92 Å². The molecule has 0 saturated carbocycles. The van der Waals surface area contributed by atoms with Gasteiger partial charge in [-0.15, -0.1) is 0 Å². The highest BCUT2D eigenvalue weighted by atomic mass is 16.5. The molecule has 0 bridgehead atoms. The van der Waals surface area contributed by atoms with Crippen LogP contribution < -0.4 is 16.0 Å². The zero-order valence-corrected chi connectivity index (χ0v) is 17.2. The van der Waals surface area contributed by atoms with Gasteiger partial charge >= 0.3 is 6.09 Å². The summed E-state index contributed by atoms with van der Waals surface area (Å²) in [5, 5.41) is 8.93. The highest BCUT2D eigenvalue weighted by Gasteiger charge is 2.26. The quantitative estimate of drug-likeness (QED) is 0.502. The molecule has 156 valence electrons. The van der Waals surface area contributed by atoms with Crippen LogP contribution in [-0.2, 0) is 16.1 Å². The van der Waals surface area contributed by atoms with Crippen molar-refractivity contribution in [2.75, 3.05) is 18.4 Å². The second-order valence-electron chi connectivity index (χ2n) is 7.01. The van der Waals surface area contributed by atoms with E-state index in [1.165, 1.54) is 0 Å². The molecule has 0 aromatic heterocycles. The van der Waals surface area contributed by atoms with Crippen molar-refractivity contribution in [1.29, 1.82) is 0 Å². The zero-order valence-electron chi connectivity index (χ0n) is 17.2. The number of alkyl carbamates (subject to hydrolysis) is 1. The number of anilines is 1. The number of rotatable bonds is 11. The second kappa shape index (κ2) is 12.4. The molecule has 2 amide bonds. The van der Waals surface area contributed by atoms with Gasteiger partial charge in [0.25, 0.3) is 0 Å². The van der Waals surface area contributed by atoms with Gasteiger partial charge in [-0.3, -0.25) is 4.79 Å². The summed E-state index contributed by atoms with van der Waals surface area (Å²) in [6, 6.07) is 18.8. The molecule has 0 aliphatic rings. The maximum absolute atomic E-state index is 12.6. The molecule has 0 saturated heterocycles. The first-order valence-electron chi connectivity index (χ1n) is 10.1. The van der Waals surface area contributed by atoms with E-state index >= 15 is 0 Å². The van der Waals surface area contributed by atoms with Crippen LogP contribution >= 0.6 is 0 Å². The fourth-order valence-corrected chi connectivity index (χ4v) is 2.79. The maximum atomic E-state index is 12.6. The first-order valence-corrected chi connectivity index (χ1v) is 10.1. The van der Waals surface area contributed by atoms with Gasteiger partial charge in [-0.25, -0.2) is 4.79 Å². The summed E-state index contributed by atoms with van der Waals surface area (Å²) in [6.45, 7) is 5.40. The van der Waals surface area contributed by atoms with Gasteiger partial charge in [0.1, 0.15) is 12.6 Å². The van der Waals surface area contributed by atoms with Crippen LogP contribution in [0.15, 0.2) is 60.7 Å². The average molecular weight is 398 g/mol. The van der Waals surface area contributed by atoms with E-state index in [0.29, 0.717) is 6.54 Å². The predicted octanol–water partition coefficient (Wildman–Crippen LogP) is 3.95. The van der Waals surface area contributed by atoms with Gasteiger partial charge in [-0.1, -0.05) is 68.8 Å². The first kappa shape index (κ1) is 22.3. The van der Waals surface area contributed by atoms with Gasteiger partial charge in [-0.2, -0.15) is 0 Å². The minimum absolute atomic E-state index is 0.00159. The average Bonchev–Trinajstić information content (AvgIpc) is 2.76. The molecule has 2 aromatic rings. The van der Waals surface area contributed by atoms with Gasteiger partial charge < -0.3 is 20.7 Å². The number of hydrogen-bond donors (Lipinski definition) is 3. The molecule has 0 fully saturated rings. The van der Waals surface area contributed by atoms with E-state index < -0.39 is 12.1 Å². The van der Waals surface area contributed by atoms with E-state index in [0.717, 1.165) is 30.6 Å². The molecule has 29 heavy (non-hydrogen) atoms. The molecule has 0 spiro atoms. The molecule has 3 N–H and O–H groups in total. The molecule has 0 aliphatic carbocycles. The molecular formula is C23H31N3O3. The molecule has 2 aromatic carbocycles. The van der Waals surface area contributed by atoms with E-state index in [2.05, 4.69) is 16.0 Å². The summed E-state index contributed by atoms with van der Waals surface area (Å²) in [6.07, 6.45) is 0.971. The summed E-state index contributed by atoms with van der Waals surface area (Å²) in [7, 11) is 0. The Labute approximate surface area is 173 Å². The summed E-state index contributed by atoms with van der Waals surface area (Å²) >= 11 is 0. The lowest BCUT2D eigenvalue weighted by Crippen LogP contribution is -2.50. The van der Waals surface area contributed by atoms with E-state index in [9.17, 15) is 9.59 Å². The molecule has 2 rings (SSSR count). The number of ether oxygens (including phenoxy) is 1. The SMILES string of the molecule is CC[C@H](C)[C@H](NC(=O)OCc1ccccc1)C(=O)NCCCNc1ccccc1. The van der Waals surface area contributed by atoms with Crippen molar-refractivity contribution in [1.82, 2.24) is 10.6 Å². The Balaban J connectivity index is 1.74. The highest BCUT2D eigenvalue weighted by Crippen LogP contribution is 2.09. The van der Waals surface area contributed by atoms with E-state index in [4.69, 9.17) is 4.74 Å². The Hall–Kier alpha value is -3.02. The van der Waals surface area contributed by atoms with Crippen LogP contribution in [0.5, 0.6) is 0 Å². The molecule has 0 aliphatic heterocycles. The number of nitrogens with one attached hydrogen (secondary N) is 3. The third kappa shape index (κ3) is 8.25. The zero-order chi connectivity index (χ0) is 20.9. The molecule has 0 unspecified atom stereocenters. The predicted molar refractivity (Wildman–Crippen MR) is 116 cm³/mol. The molecule has 2 atom stereocenters. The lowest BCUT2D eigenvalue weighted by atomic mass is 9.98. The minimum atomic E-state index is -0.620. The Morgan fingerprint density at radius 3 is 2.28 bits per heavy atom. The fraction of sp³-hybridized carbons (Fsp3) is 0.391. The molecule has 6 heteroatoms. The number of amides is 2. The van der Waals surface area contributed by atoms with Crippen molar-refractivity contribution in [3.05, 3.63) is 66.2 Å². The van der Waals surface area contributed by atoms with Crippen molar-refractivity contribution < 1.29 is 14.3 Å². The third-order valence-electron chi connectivity index (χ3n) is 4.74. The van der Waals surface area contributed by atoms with Gasteiger partial charge in [0.2, 0.25) is 5.91 Å². The fourth-order valence-electron chi connectivity index (χ4n) is 2.79. The Morgan fingerprint density at radius 1 is 0.966 bits per heavy atom. The van der Waals surface area contributed by atoms with Crippen molar-refractivity contribution >= 4 is 17.7 Å². The highest BCUT2D eigenvalue weighted by molar-refractivity contribution is 5.85. The number of para-hydroxylation sites is 1. The van der Waals surface area contributed by atoms with Gasteiger partial charge in [0, 0.05) is 18.8 Å². The smallest absolute Gasteiger partial charge is 0.408 e. The van der Waals surface area contributed by atoms with Crippen LogP contribution in [0.4, 0.5) is 10.5 Å². The van der Waals surface area contributed by atoms with Gasteiger partial charge in [0.15, 0.2) is 0 Å². The normalized spacial score (nSPS) is 12.5. The first-order chi connectivity index (χ1) is 14.1. The van der Waals surface area contributed by atoms with E-state index in [1.54, 1.807) is 0 Å². The molecular weight excluding hydrogens is 366 g/mol. The van der Waals surface area contributed by atoms with Crippen LogP contribution in [0.1, 0.15) is 32.3 Å². The molecule has 0 heterocycles. The monoisotopic (exact) mass is 397 g/mol. The Morgan fingerprint density at radius 2 is 1.62 bits per heavy atom. The number of carbonyl (C=O) groups excluding carboxylic acids is 2. The standard InChI is InChI=1S/C23H31N3O3/c1-3-18(2)21(26-23(28)29-17-19-11-6-4-7-12-19)22(27)25-16-10-15-24-20-13-8-5-9-14-20/h4-9,11-14,18,21,24H,3,10,15-17H2,1-2H3,(H,25,27)(H,26,28)/t18-,21-/m0/s1. The van der Waals surface area contributed by atoms with Crippen molar-refractivity contribution in [3.63, 3.8) is 0 Å². The van der Waals surface area contributed by atoms with E-state index in [-0.39, 0.29) is 18.4 Å². The molecule has 0 radical (unpaired) electrons. The van der Waals surface area contributed by atoms with Gasteiger partial charge in [0.05, 0.1) is 0 Å². The van der Waals surface area contributed by atoms with Crippen molar-refractivity contribution in [3.8, 4) is 0 Å². The maximum Gasteiger partial charge on any atom is 0.408 e. The van der Waals surface area contributed by atoms with Crippen LogP contribution in [0.25, 0.3) is 0 Å². The Bertz CT molecular complexity index is 738. The van der Waals surface area contributed by atoms with Crippen molar-refractivity contribution in [2.45, 2.75) is 39.3 Å². The summed E-state index contributed by atoms with van der Waals surface area (Å²) < 4.78 is 5.26. The summed E-state index contributed by atoms with van der Waals surface area (Å²) in [5.41, 5.74) is 1.96. The summed E-state index contributed by atoms with van der Waals surface area (Å²) in [5.74, 6) is -0.183.